The van der Waals surface area contributed by atoms with E-state index >= 15 is 0 Å². The highest BCUT2D eigenvalue weighted by atomic mass is 16.3. The van der Waals surface area contributed by atoms with Gasteiger partial charge in [-0.3, -0.25) is 4.79 Å². The van der Waals surface area contributed by atoms with Gasteiger partial charge in [-0.05, 0) is 31.4 Å². The lowest BCUT2D eigenvalue weighted by atomic mass is 10.0. The first-order valence-electron chi connectivity index (χ1n) is 8.99. The van der Waals surface area contributed by atoms with Crippen LogP contribution < -0.4 is 0 Å². The van der Waals surface area contributed by atoms with Crippen LogP contribution >= 0.6 is 0 Å². The van der Waals surface area contributed by atoms with Crippen molar-refractivity contribution in [3.05, 3.63) is 30.2 Å². The molecule has 23 heavy (non-hydrogen) atoms. The lowest BCUT2D eigenvalue weighted by molar-refractivity contribution is -0.126. The number of hydrogen-bond acceptors (Lipinski definition) is 2. The number of carbonyl (C=O) groups excluding carboxylic acids is 1. The third kappa shape index (κ3) is 7.06. The van der Waals surface area contributed by atoms with E-state index in [1.165, 1.54) is 38.5 Å². The molecule has 0 N–H and O–H groups in total. The van der Waals surface area contributed by atoms with Crippen LogP contribution in [0.25, 0.3) is 5.70 Å². The molecule has 1 unspecified atom stereocenters. The van der Waals surface area contributed by atoms with Crippen LogP contribution in [0.1, 0.15) is 77.2 Å². The highest BCUT2D eigenvalue weighted by molar-refractivity contribution is 5.83. The highest BCUT2D eigenvalue weighted by Gasteiger charge is 2.19. The standard InChI is InChI=1S/C20H33NO2/c1-6-7-8-9-10-11-12-16(2)15-21(19(5)22)18(4)20-14-13-17(3)23-20/h13-14,16H,4,6-12,15H2,1-3,5H3. The fourth-order valence-corrected chi connectivity index (χ4v) is 2.83. The minimum Gasteiger partial charge on any atom is -0.460 e. The lowest BCUT2D eigenvalue weighted by Crippen LogP contribution is -2.31. The van der Waals surface area contributed by atoms with E-state index in [4.69, 9.17) is 4.42 Å². The molecule has 0 saturated carbocycles. The smallest absolute Gasteiger partial charge is 0.223 e. The minimum atomic E-state index is 0.0267. The van der Waals surface area contributed by atoms with Crippen molar-refractivity contribution in [3.63, 3.8) is 0 Å². The van der Waals surface area contributed by atoms with Gasteiger partial charge in [0.2, 0.25) is 5.91 Å². The predicted octanol–water partition coefficient (Wildman–Crippen LogP) is 5.79. The Labute approximate surface area is 141 Å². The molecular formula is C20H33NO2. The van der Waals surface area contributed by atoms with Gasteiger partial charge in [0.05, 0.1) is 5.70 Å². The quantitative estimate of drug-likeness (QED) is 0.483. The van der Waals surface area contributed by atoms with E-state index in [-0.39, 0.29) is 5.91 Å². The number of aryl methyl sites for hydroxylation is 1. The normalized spacial score (nSPS) is 12.2. The van der Waals surface area contributed by atoms with Crippen LogP contribution in [0, 0.1) is 12.8 Å². The molecule has 1 rings (SSSR count). The number of carbonyl (C=O) groups is 1. The first kappa shape index (κ1) is 19.5. The summed E-state index contributed by atoms with van der Waals surface area (Å²) in [5.74, 6) is 2.02. The number of unbranched alkanes of at least 4 members (excludes halogenated alkanes) is 5. The van der Waals surface area contributed by atoms with Gasteiger partial charge in [0.15, 0.2) is 0 Å². The number of hydrogen-bond donors (Lipinski definition) is 0. The first-order valence-corrected chi connectivity index (χ1v) is 8.99. The van der Waals surface area contributed by atoms with Crippen molar-refractivity contribution in [2.45, 2.75) is 72.6 Å². The van der Waals surface area contributed by atoms with Gasteiger partial charge in [0, 0.05) is 13.5 Å². The van der Waals surface area contributed by atoms with Gasteiger partial charge in [0.1, 0.15) is 11.5 Å². The highest BCUT2D eigenvalue weighted by Crippen LogP contribution is 2.22. The Balaban J connectivity index is 2.43. The molecule has 3 nitrogen and oxygen atoms in total. The van der Waals surface area contributed by atoms with Crippen LogP contribution in [-0.4, -0.2) is 17.4 Å². The second-order valence-corrected chi connectivity index (χ2v) is 6.65. The Kier molecular flexibility index (Phi) is 8.75. The molecular weight excluding hydrogens is 286 g/mol. The summed E-state index contributed by atoms with van der Waals surface area (Å²) in [5.41, 5.74) is 0.667. The summed E-state index contributed by atoms with van der Waals surface area (Å²) < 4.78 is 5.60. The largest absolute Gasteiger partial charge is 0.460 e. The van der Waals surface area contributed by atoms with Crippen molar-refractivity contribution in [1.29, 1.82) is 0 Å². The van der Waals surface area contributed by atoms with Gasteiger partial charge in [-0.1, -0.05) is 59.0 Å². The second kappa shape index (κ2) is 10.3. The summed E-state index contributed by atoms with van der Waals surface area (Å²) in [7, 11) is 0. The van der Waals surface area contributed by atoms with Crippen molar-refractivity contribution in [1.82, 2.24) is 4.90 Å². The molecule has 0 radical (unpaired) electrons. The van der Waals surface area contributed by atoms with E-state index < -0.39 is 0 Å². The first-order chi connectivity index (χ1) is 11.0. The van der Waals surface area contributed by atoms with Crippen LogP contribution in [0.4, 0.5) is 0 Å². The summed E-state index contributed by atoms with van der Waals surface area (Å²) in [5, 5.41) is 0. The van der Waals surface area contributed by atoms with Gasteiger partial charge < -0.3 is 9.32 Å². The second-order valence-electron chi connectivity index (χ2n) is 6.65. The summed E-state index contributed by atoms with van der Waals surface area (Å²) in [4.78, 5) is 13.7. The Morgan fingerprint density at radius 3 is 2.43 bits per heavy atom. The molecule has 130 valence electrons. The molecule has 1 atom stereocenters. The molecule has 1 aromatic rings. The van der Waals surface area contributed by atoms with E-state index in [0.717, 1.165) is 12.2 Å². The van der Waals surface area contributed by atoms with Crippen LogP contribution in [0.15, 0.2) is 23.1 Å². The molecule has 0 fully saturated rings. The maximum atomic E-state index is 12.0. The van der Waals surface area contributed by atoms with Gasteiger partial charge >= 0.3 is 0 Å². The molecule has 0 aliphatic heterocycles. The van der Waals surface area contributed by atoms with E-state index in [1.54, 1.807) is 11.8 Å². The number of furan rings is 1. The third-order valence-electron chi connectivity index (χ3n) is 4.28. The molecule has 3 heteroatoms. The topological polar surface area (TPSA) is 33.5 Å². The van der Waals surface area contributed by atoms with Crippen molar-refractivity contribution < 1.29 is 9.21 Å². The van der Waals surface area contributed by atoms with Gasteiger partial charge in [-0.25, -0.2) is 0 Å². The lowest BCUT2D eigenvalue weighted by Gasteiger charge is -2.25. The fourth-order valence-electron chi connectivity index (χ4n) is 2.83. The fraction of sp³-hybridized carbons (Fsp3) is 0.650. The summed E-state index contributed by atoms with van der Waals surface area (Å²) >= 11 is 0. The van der Waals surface area contributed by atoms with E-state index in [2.05, 4.69) is 20.4 Å². The monoisotopic (exact) mass is 319 g/mol. The zero-order valence-corrected chi connectivity index (χ0v) is 15.4. The summed E-state index contributed by atoms with van der Waals surface area (Å²) in [6.07, 6.45) is 8.99. The van der Waals surface area contributed by atoms with Crippen molar-refractivity contribution in [2.75, 3.05) is 6.54 Å². The number of amides is 1. The third-order valence-corrected chi connectivity index (χ3v) is 4.28. The number of nitrogens with zero attached hydrogens (tertiary/aromatic N) is 1. The van der Waals surface area contributed by atoms with E-state index in [1.807, 2.05) is 19.1 Å². The van der Waals surface area contributed by atoms with Crippen molar-refractivity contribution in [2.24, 2.45) is 5.92 Å². The predicted molar refractivity (Wildman–Crippen MR) is 97.0 cm³/mol. The molecule has 1 amide bonds. The van der Waals surface area contributed by atoms with Crippen molar-refractivity contribution >= 4 is 11.6 Å². The Bertz CT molecular complexity index is 490. The Morgan fingerprint density at radius 2 is 1.87 bits per heavy atom. The number of rotatable bonds is 11. The van der Waals surface area contributed by atoms with E-state index in [9.17, 15) is 4.79 Å². The van der Waals surface area contributed by atoms with Gasteiger partial charge in [0.25, 0.3) is 0 Å². The zero-order valence-electron chi connectivity index (χ0n) is 15.4. The molecule has 0 aliphatic rings. The molecule has 0 saturated heterocycles. The molecule has 0 bridgehead atoms. The van der Waals surface area contributed by atoms with Crippen LogP contribution in [-0.2, 0) is 4.79 Å². The zero-order chi connectivity index (χ0) is 17.2. The molecule has 0 spiro atoms. The SMILES string of the molecule is C=C(c1ccc(C)o1)N(CC(C)CCCCCCCC)C(C)=O. The van der Waals surface area contributed by atoms with Crippen molar-refractivity contribution in [3.8, 4) is 0 Å². The van der Waals surface area contributed by atoms with Gasteiger partial charge in [-0.2, -0.15) is 0 Å². The van der Waals surface area contributed by atoms with Gasteiger partial charge in [-0.15, -0.1) is 0 Å². The molecule has 1 aromatic heterocycles. The summed E-state index contributed by atoms with van der Waals surface area (Å²) in [6, 6.07) is 3.78. The Morgan fingerprint density at radius 1 is 1.22 bits per heavy atom. The average Bonchev–Trinajstić information content (AvgIpc) is 2.94. The van der Waals surface area contributed by atoms with Crippen LogP contribution in [0.3, 0.4) is 0 Å². The maximum Gasteiger partial charge on any atom is 0.223 e. The summed E-state index contributed by atoms with van der Waals surface area (Å²) in [6.45, 7) is 12.7. The molecule has 1 heterocycles. The van der Waals surface area contributed by atoms with Crippen LogP contribution in [0.2, 0.25) is 0 Å². The average molecular weight is 319 g/mol. The van der Waals surface area contributed by atoms with E-state index in [0.29, 0.717) is 23.9 Å². The van der Waals surface area contributed by atoms with Crippen LogP contribution in [0.5, 0.6) is 0 Å². The molecule has 0 aliphatic carbocycles. The minimum absolute atomic E-state index is 0.0267. The molecule has 0 aromatic carbocycles. The maximum absolute atomic E-state index is 12.0. The Hall–Kier alpha value is -1.51.